The predicted octanol–water partition coefficient (Wildman–Crippen LogP) is 1.72. The molecule has 1 aromatic rings. The first-order valence-corrected chi connectivity index (χ1v) is 7.34. The quantitative estimate of drug-likeness (QED) is 0.823. The summed E-state index contributed by atoms with van der Waals surface area (Å²) in [7, 11) is -2.87. The van der Waals surface area contributed by atoms with Crippen molar-refractivity contribution in [2.45, 2.75) is 18.9 Å². The van der Waals surface area contributed by atoms with E-state index in [1.807, 2.05) is 0 Å². The molecule has 0 aliphatic carbocycles. The van der Waals surface area contributed by atoms with Gasteiger partial charge >= 0.3 is 0 Å². The second-order valence-corrected chi connectivity index (χ2v) is 6.58. The summed E-state index contributed by atoms with van der Waals surface area (Å²) in [6, 6.07) is 3.47. The van der Waals surface area contributed by atoms with E-state index in [0.29, 0.717) is 10.9 Å². The van der Waals surface area contributed by atoms with Crippen LogP contribution in [0.15, 0.2) is 18.3 Å². The standard InChI is InChI=1S/C10H13ClN2O2S/c11-10-4-3-8(6-12-10)13-9-2-1-5-16(14,15)7-9/h3-4,6,9,13H,1-2,5,7H2. The fraction of sp³-hybridized carbons (Fsp3) is 0.500. The normalized spacial score (nSPS) is 23.9. The Morgan fingerprint density at radius 1 is 1.44 bits per heavy atom. The van der Waals surface area contributed by atoms with Gasteiger partial charge in [0.15, 0.2) is 9.84 Å². The van der Waals surface area contributed by atoms with Crippen LogP contribution in [0.25, 0.3) is 0 Å². The molecule has 0 aromatic carbocycles. The minimum Gasteiger partial charge on any atom is -0.380 e. The Kier molecular flexibility index (Phi) is 3.35. The molecule has 2 heterocycles. The highest BCUT2D eigenvalue weighted by atomic mass is 35.5. The van der Waals surface area contributed by atoms with Crippen molar-refractivity contribution in [3.63, 3.8) is 0 Å². The van der Waals surface area contributed by atoms with Gasteiger partial charge in [0.2, 0.25) is 0 Å². The van der Waals surface area contributed by atoms with Gasteiger partial charge in [0.25, 0.3) is 0 Å². The number of hydrogen-bond acceptors (Lipinski definition) is 4. The lowest BCUT2D eigenvalue weighted by Crippen LogP contribution is -2.34. The highest BCUT2D eigenvalue weighted by Crippen LogP contribution is 2.17. The summed E-state index contributed by atoms with van der Waals surface area (Å²) in [6.45, 7) is 0. The van der Waals surface area contributed by atoms with Gasteiger partial charge in [-0.1, -0.05) is 11.6 Å². The Morgan fingerprint density at radius 2 is 2.25 bits per heavy atom. The van der Waals surface area contributed by atoms with Crippen molar-refractivity contribution in [1.82, 2.24) is 4.98 Å². The minimum absolute atomic E-state index is 0.0123. The van der Waals surface area contributed by atoms with Crippen LogP contribution in [0.3, 0.4) is 0 Å². The van der Waals surface area contributed by atoms with Gasteiger partial charge in [0, 0.05) is 6.04 Å². The number of aromatic nitrogens is 1. The monoisotopic (exact) mass is 260 g/mol. The Balaban J connectivity index is 2.02. The van der Waals surface area contributed by atoms with Crippen LogP contribution in [-0.4, -0.2) is 30.9 Å². The number of sulfone groups is 1. The third-order valence-corrected chi connectivity index (χ3v) is 4.61. The van der Waals surface area contributed by atoms with E-state index in [0.717, 1.165) is 18.5 Å². The molecule has 4 nitrogen and oxygen atoms in total. The Bertz CT molecular complexity index is 458. The fourth-order valence-corrected chi connectivity index (χ4v) is 3.58. The van der Waals surface area contributed by atoms with Crippen molar-refractivity contribution < 1.29 is 8.42 Å². The molecule has 1 fully saturated rings. The minimum atomic E-state index is -2.87. The van der Waals surface area contributed by atoms with Crippen LogP contribution in [0.1, 0.15) is 12.8 Å². The van der Waals surface area contributed by atoms with E-state index < -0.39 is 9.84 Å². The molecule has 1 aromatic heterocycles. The summed E-state index contributed by atoms with van der Waals surface area (Å²) >= 11 is 5.66. The highest BCUT2D eigenvalue weighted by Gasteiger charge is 2.24. The molecule has 0 bridgehead atoms. The molecule has 0 saturated carbocycles. The average molecular weight is 261 g/mol. The number of anilines is 1. The molecule has 0 spiro atoms. The average Bonchev–Trinajstić information content (AvgIpc) is 2.20. The smallest absolute Gasteiger partial charge is 0.152 e. The molecule has 1 N–H and O–H groups in total. The molecule has 0 amide bonds. The van der Waals surface area contributed by atoms with Crippen molar-refractivity contribution >= 4 is 27.1 Å². The van der Waals surface area contributed by atoms with Gasteiger partial charge in [0.1, 0.15) is 5.15 Å². The van der Waals surface area contributed by atoms with Crippen molar-refractivity contribution in [2.24, 2.45) is 0 Å². The topological polar surface area (TPSA) is 59.1 Å². The van der Waals surface area contributed by atoms with Gasteiger partial charge in [-0.2, -0.15) is 0 Å². The predicted molar refractivity (Wildman–Crippen MR) is 64.5 cm³/mol. The lowest BCUT2D eigenvalue weighted by atomic mass is 10.2. The fourth-order valence-electron chi connectivity index (χ4n) is 1.83. The molecule has 1 saturated heterocycles. The van der Waals surface area contributed by atoms with Crippen LogP contribution in [0.4, 0.5) is 5.69 Å². The molecule has 0 radical (unpaired) electrons. The molecule has 2 rings (SSSR count). The zero-order valence-corrected chi connectivity index (χ0v) is 10.3. The summed E-state index contributed by atoms with van der Waals surface area (Å²) in [4.78, 5) is 3.93. The number of pyridine rings is 1. The van der Waals surface area contributed by atoms with Crippen LogP contribution < -0.4 is 5.32 Å². The van der Waals surface area contributed by atoms with Gasteiger partial charge in [-0.3, -0.25) is 0 Å². The molecule has 1 aliphatic heterocycles. The van der Waals surface area contributed by atoms with Crippen molar-refractivity contribution in [2.75, 3.05) is 16.8 Å². The van der Waals surface area contributed by atoms with Crippen LogP contribution in [0, 0.1) is 0 Å². The van der Waals surface area contributed by atoms with E-state index in [-0.39, 0.29) is 11.8 Å². The SMILES string of the molecule is O=S1(=O)CCCC(Nc2ccc(Cl)nc2)C1. The van der Waals surface area contributed by atoms with Crippen LogP contribution in [0.5, 0.6) is 0 Å². The number of halogens is 1. The summed E-state index contributed by atoms with van der Waals surface area (Å²) in [6.07, 6.45) is 3.21. The van der Waals surface area contributed by atoms with E-state index in [1.165, 1.54) is 0 Å². The van der Waals surface area contributed by atoms with Crippen molar-refractivity contribution in [3.05, 3.63) is 23.5 Å². The number of hydrogen-bond donors (Lipinski definition) is 1. The van der Waals surface area contributed by atoms with E-state index in [1.54, 1.807) is 18.3 Å². The summed E-state index contributed by atoms with van der Waals surface area (Å²) in [5.41, 5.74) is 0.812. The molecule has 16 heavy (non-hydrogen) atoms. The lowest BCUT2D eigenvalue weighted by Gasteiger charge is -2.23. The molecule has 6 heteroatoms. The largest absolute Gasteiger partial charge is 0.380 e. The Labute approximate surface area is 99.9 Å². The van der Waals surface area contributed by atoms with Gasteiger partial charge in [-0.15, -0.1) is 0 Å². The van der Waals surface area contributed by atoms with Crippen molar-refractivity contribution in [1.29, 1.82) is 0 Å². The summed E-state index contributed by atoms with van der Waals surface area (Å²) in [5, 5.41) is 3.60. The van der Waals surface area contributed by atoms with E-state index in [2.05, 4.69) is 10.3 Å². The van der Waals surface area contributed by atoms with Crippen molar-refractivity contribution in [3.8, 4) is 0 Å². The van der Waals surface area contributed by atoms with Gasteiger partial charge < -0.3 is 5.32 Å². The molecule has 1 atom stereocenters. The van der Waals surface area contributed by atoms with E-state index in [9.17, 15) is 8.42 Å². The molecular weight excluding hydrogens is 248 g/mol. The second-order valence-electron chi connectivity index (χ2n) is 3.97. The second kappa shape index (κ2) is 4.59. The molecular formula is C10H13ClN2O2S. The first-order chi connectivity index (χ1) is 7.55. The lowest BCUT2D eigenvalue weighted by molar-refractivity contribution is 0.562. The first-order valence-electron chi connectivity index (χ1n) is 5.14. The summed E-state index contributed by atoms with van der Waals surface area (Å²) in [5.74, 6) is 0.514. The zero-order chi connectivity index (χ0) is 11.6. The maximum atomic E-state index is 11.4. The van der Waals surface area contributed by atoms with Crippen LogP contribution in [-0.2, 0) is 9.84 Å². The number of nitrogens with one attached hydrogen (secondary N) is 1. The third kappa shape index (κ3) is 3.09. The zero-order valence-electron chi connectivity index (χ0n) is 8.69. The highest BCUT2D eigenvalue weighted by molar-refractivity contribution is 7.91. The Hall–Kier alpha value is -0.810. The first kappa shape index (κ1) is 11.7. The summed E-state index contributed by atoms with van der Waals surface area (Å²) < 4.78 is 22.9. The van der Waals surface area contributed by atoms with E-state index >= 15 is 0 Å². The molecule has 1 aliphatic rings. The number of nitrogens with zero attached hydrogens (tertiary/aromatic N) is 1. The van der Waals surface area contributed by atoms with E-state index in [4.69, 9.17) is 11.6 Å². The van der Waals surface area contributed by atoms with Crippen LogP contribution in [0.2, 0.25) is 5.15 Å². The number of rotatable bonds is 2. The Morgan fingerprint density at radius 3 is 2.88 bits per heavy atom. The molecule has 1 unspecified atom stereocenters. The maximum Gasteiger partial charge on any atom is 0.152 e. The van der Waals surface area contributed by atoms with Crippen LogP contribution >= 0.6 is 11.6 Å². The van der Waals surface area contributed by atoms with Gasteiger partial charge in [-0.05, 0) is 25.0 Å². The van der Waals surface area contributed by atoms with Gasteiger partial charge in [-0.25, -0.2) is 13.4 Å². The third-order valence-electron chi connectivity index (χ3n) is 2.56. The maximum absolute atomic E-state index is 11.4. The van der Waals surface area contributed by atoms with Gasteiger partial charge in [0.05, 0.1) is 23.4 Å². The molecule has 88 valence electrons.